The van der Waals surface area contributed by atoms with E-state index in [0.717, 1.165) is 32.1 Å². The van der Waals surface area contributed by atoms with Gasteiger partial charge in [-0.05, 0) is 38.8 Å². The van der Waals surface area contributed by atoms with Crippen molar-refractivity contribution in [3.63, 3.8) is 0 Å². The third-order valence-corrected chi connectivity index (χ3v) is 3.13. The Balaban J connectivity index is 0.00000324. The number of rotatable bonds is 6. The number of nitrogens with zero attached hydrogens (tertiary/aromatic N) is 2. The maximum Gasteiger partial charge on any atom is 0.191 e. The lowest BCUT2D eigenvalue weighted by Gasteiger charge is -2.26. The molecule has 5 heteroatoms. The van der Waals surface area contributed by atoms with Crippen LogP contribution in [-0.2, 0) is 0 Å². The standard InChI is InChI=1S/C14H30N4.HI/c1-4-15-14(17-12-13(2)3)16-8-11-18-9-6-5-7-10-18;/h13H,4-12H2,1-3H3,(H2,15,16,17);1H. The number of hydrogen-bond acceptors (Lipinski definition) is 2. The summed E-state index contributed by atoms with van der Waals surface area (Å²) in [5, 5.41) is 6.72. The summed E-state index contributed by atoms with van der Waals surface area (Å²) in [7, 11) is 0. The van der Waals surface area contributed by atoms with Gasteiger partial charge in [-0.15, -0.1) is 24.0 Å². The summed E-state index contributed by atoms with van der Waals surface area (Å²) in [5.74, 6) is 1.57. The van der Waals surface area contributed by atoms with Gasteiger partial charge in [-0.25, -0.2) is 0 Å². The summed E-state index contributed by atoms with van der Waals surface area (Å²) in [4.78, 5) is 7.12. The molecule has 114 valence electrons. The van der Waals surface area contributed by atoms with Crippen molar-refractivity contribution in [3.8, 4) is 0 Å². The van der Waals surface area contributed by atoms with E-state index in [4.69, 9.17) is 0 Å². The van der Waals surface area contributed by atoms with Gasteiger partial charge in [0, 0.05) is 26.2 Å². The normalized spacial score (nSPS) is 17.2. The number of piperidine rings is 1. The van der Waals surface area contributed by atoms with Gasteiger partial charge in [0.1, 0.15) is 0 Å². The maximum absolute atomic E-state index is 4.57. The summed E-state index contributed by atoms with van der Waals surface area (Å²) in [6, 6.07) is 0. The van der Waals surface area contributed by atoms with Gasteiger partial charge in [0.25, 0.3) is 0 Å². The molecule has 1 rings (SSSR count). The average Bonchev–Trinajstić information content (AvgIpc) is 2.37. The minimum absolute atomic E-state index is 0. The molecule has 0 radical (unpaired) electrons. The molecular formula is C14H31IN4. The number of aliphatic imine (C=N–C) groups is 1. The van der Waals surface area contributed by atoms with Crippen LogP contribution in [0.1, 0.15) is 40.0 Å². The number of nitrogens with one attached hydrogen (secondary N) is 2. The third-order valence-electron chi connectivity index (χ3n) is 3.13. The summed E-state index contributed by atoms with van der Waals surface area (Å²) in [5.41, 5.74) is 0. The van der Waals surface area contributed by atoms with Gasteiger partial charge in [0.15, 0.2) is 5.96 Å². The van der Waals surface area contributed by atoms with Crippen molar-refractivity contribution in [2.24, 2.45) is 10.9 Å². The summed E-state index contributed by atoms with van der Waals surface area (Å²) < 4.78 is 0. The molecule has 0 aliphatic carbocycles. The van der Waals surface area contributed by atoms with Crippen molar-refractivity contribution in [1.82, 2.24) is 15.5 Å². The van der Waals surface area contributed by atoms with Gasteiger partial charge < -0.3 is 15.5 Å². The van der Waals surface area contributed by atoms with Crippen LogP contribution >= 0.6 is 24.0 Å². The molecule has 19 heavy (non-hydrogen) atoms. The molecule has 0 atom stereocenters. The predicted molar refractivity (Wildman–Crippen MR) is 94.5 cm³/mol. The van der Waals surface area contributed by atoms with Gasteiger partial charge in [-0.2, -0.15) is 0 Å². The van der Waals surface area contributed by atoms with Crippen LogP contribution in [0, 0.1) is 5.92 Å². The van der Waals surface area contributed by atoms with Crippen LogP contribution in [0.4, 0.5) is 0 Å². The van der Waals surface area contributed by atoms with Crippen LogP contribution in [-0.4, -0.2) is 50.1 Å². The molecule has 0 bridgehead atoms. The minimum atomic E-state index is 0. The summed E-state index contributed by atoms with van der Waals surface area (Å²) in [6.45, 7) is 13.0. The van der Waals surface area contributed by atoms with Crippen molar-refractivity contribution >= 4 is 29.9 Å². The largest absolute Gasteiger partial charge is 0.357 e. The van der Waals surface area contributed by atoms with Crippen LogP contribution in [0.25, 0.3) is 0 Å². The van der Waals surface area contributed by atoms with Crippen LogP contribution in [0.2, 0.25) is 0 Å². The second kappa shape index (κ2) is 11.8. The van der Waals surface area contributed by atoms with E-state index in [1.165, 1.54) is 32.4 Å². The number of likely N-dealkylation sites (tertiary alicyclic amines) is 1. The highest BCUT2D eigenvalue weighted by molar-refractivity contribution is 14.0. The fourth-order valence-corrected chi connectivity index (χ4v) is 2.13. The first-order valence-electron chi connectivity index (χ1n) is 7.47. The second-order valence-electron chi connectivity index (χ2n) is 5.44. The molecule has 0 spiro atoms. The Morgan fingerprint density at radius 3 is 2.42 bits per heavy atom. The topological polar surface area (TPSA) is 39.7 Å². The molecule has 2 N–H and O–H groups in total. The van der Waals surface area contributed by atoms with E-state index in [-0.39, 0.29) is 24.0 Å². The van der Waals surface area contributed by atoms with E-state index in [0.29, 0.717) is 5.92 Å². The fourth-order valence-electron chi connectivity index (χ4n) is 2.13. The van der Waals surface area contributed by atoms with Gasteiger partial charge in [-0.3, -0.25) is 4.99 Å². The van der Waals surface area contributed by atoms with Gasteiger partial charge in [0.2, 0.25) is 0 Å². The Bertz CT molecular complexity index is 238. The molecular weight excluding hydrogens is 351 g/mol. The van der Waals surface area contributed by atoms with E-state index < -0.39 is 0 Å². The summed E-state index contributed by atoms with van der Waals surface area (Å²) >= 11 is 0. The first-order valence-corrected chi connectivity index (χ1v) is 7.47. The zero-order valence-electron chi connectivity index (χ0n) is 12.7. The van der Waals surface area contributed by atoms with Crippen molar-refractivity contribution < 1.29 is 0 Å². The first-order chi connectivity index (χ1) is 8.72. The number of halogens is 1. The molecule has 0 aromatic carbocycles. The Morgan fingerprint density at radius 1 is 1.16 bits per heavy atom. The quantitative estimate of drug-likeness (QED) is 0.421. The molecule has 0 aromatic rings. The van der Waals surface area contributed by atoms with Crippen LogP contribution in [0.5, 0.6) is 0 Å². The molecule has 0 unspecified atom stereocenters. The molecule has 1 saturated heterocycles. The Morgan fingerprint density at radius 2 is 1.84 bits per heavy atom. The van der Waals surface area contributed by atoms with Gasteiger partial charge >= 0.3 is 0 Å². The lowest BCUT2D eigenvalue weighted by atomic mass is 10.1. The highest BCUT2D eigenvalue weighted by Crippen LogP contribution is 2.07. The smallest absolute Gasteiger partial charge is 0.191 e. The Kier molecular flexibility index (Phi) is 11.7. The Hall–Kier alpha value is -0.0400. The highest BCUT2D eigenvalue weighted by atomic mass is 127. The lowest BCUT2D eigenvalue weighted by Crippen LogP contribution is -2.42. The van der Waals surface area contributed by atoms with Crippen molar-refractivity contribution in [1.29, 1.82) is 0 Å². The molecule has 0 saturated carbocycles. The number of guanidine groups is 1. The fraction of sp³-hybridized carbons (Fsp3) is 0.929. The molecule has 1 aliphatic heterocycles. The Labute approximate surface area is 135 Å². The monoisotopic (exact) mass is 382 g/mol. The van der Waals surface area contributed by atoms with E-state index in [1.54, 1.807) is 0 Å². The third kappa shape index (κ3) is 9.49. The molecule has 1 aliphatic rings. The van der Waals surface area contributed by atoms with Crippen molar-refractivity contribution in [3.05, 3.63) is 0 Å². The van der Waals surface area contributed by atoms with Crippen LogP contribution in [0.15, 0.2) is 4.99 Å². The first kappa shape index (κ1) is 19.0. The second-order valence-corrected chi connectivity index (χ2v) is 5.44. The average molecular weight is 382 g/mol. The maximum atomic E-state index is 4.57. The van der Waals surface area contributed by atoms with E-state index in [9.17, 15) is 0 Å². The molecule has 0 amide bonds. The van der Waals surface area contributed by atoms with Crippen molar-refractivity contribution in [2.45, 2.75) is 40.0 Å². The molecule has 1 heterocycles. The van der Waals surface area contributed by atoms with E-state index in [1.807, 2.05) is 0 Å². The SMILES string of the molecule is CCNC(=NCC(C)C)NCCN1CCCCC1.I. The summed E-state index contributed by atoms with van der Waals surface area (Å²) in [6.07, 6.45) is 4.13. The zero-order chi connectivity index (χ0) is 13.2. The van der Waals surface area contributed by atoms with Crippen LogP contribution in [0.3, 0.4) is 0 Å². The molecule has 4 nitrogen and oxygen atoms in total. The van der Waals surface area contributed by atoms with Crippen molar-refractivity contribution in [2.75, 3.05) is 39.3 Å². The number of hydrogen-bond donors (Lipinski definition) is 2. The van der Waals surface area contributed by atoms with E-state index >= 15 is 0 Å². The lowest BCUT2D eigenvalue weighted by molar-refractivity contribution is 0.232. The minimum Gasteiger partial charge on any atom is -0.357 e. The van der Waals surface area contributed by atoms with E-state index in [2.05, 4.69) is 41.3 Å². The molecule has 1 fully saturated rings. The predicted octanol–water partition coefficient (Wildman–Crippen LogP) is 2.30. The zero-order valence-corrected chi connectivity index (χ0v) is 15.1. The van der Waals surface area contributed by atoms with Gasteiger partial charge in [0.05, 0.1) is 0 Å². The highest BCUT2D eigenvalue weighted by Gasteiger charge is 2.09. The van der Waals surface area contributed by atoms with Crippen LogP contribution < -0.4 is 10.6 Å². The van der Waals surface area contributed by atoms with Gasteiger partial charge in [-0.1, -0.05) is 20.3 Å². The molecule has 0 aromatic heterocycles.